The molecule has 1 saturated heterocycles. The Bertz CT molecular complexity index is 711. The zero-order valence-corrected chi connectivity index (χ0v) is 16.4. The van der Waals surface area contributed by atoms with Crippen LogP contribution in [0.15, 0.2) is 24.3 Å². The summed E-state index contributed by atoms with van der Waals surface area (Å²) < 4.78 is 0. The van der Waals surface area contributed by atoms with Crippen molar-refractivity contribution in [1.82, 2.24) is 9.80 Å². The lowest BCUT2D eigenvalue weighted by Gasteiger charge is -2.45. The van der Waals surface area contributed by atoms with Gasteiger partial charge in [-0.15, -0.1) is 0 Å². The van der Waals surface area contributed by atoms with E-state index in [1.54, 1.807) is 4.90 Å². The van der Waals surface area contributed by atoms with E-state index >= 15 is 0 Å². The van der Waals surface area contributed by atoms with Crippen LogP contribution in [0.1, 0.15) is 37.7 Å². The maximum absolute atomic E-state index is 13.0. The molecule has 1 aromatic carbocycles. The third-order valence-corrected chi connectivity index (χ3v) is 6.89. The highest BCUT2D eigenvalue weighted by Gasteiger charge is 2.42. The van der Waals surface area contributed by atoms with Crippen molar-refractivity contribution in [2.75, 3.05) is 19.6 Å². The Kier molecular flexibility index (Phi) is 5.42. The van der Waals surface area contributed by atoms with Crippen LogP contribution in [0.25, 0.3) is 0 Å². The Hall–Kier alpha value is -1.59. The lowest BCUT2D eigenvalue weighted by molar-refractivity contribution is -0.149. The molecule has 2 atom stereocenters. The molecule has 1 aromatic rings. The third kappa shape index (κ3) is 3.99. The van der Waals surface area contributed by atoms with Crippen molar-refractivity contribution < 1.29 is 9.59 Å². The quantitative estimate of drug-likeness (QED) is 0.864. The highest BCUT2D eigenvalue weighted by molar-refractivity contribution is 6.30. The van der Waals surface area contributed by atoms with Gasteiger partial charge in [0.05, 0.1) is 6.54 Å². The van der Waals surface area contributed by atoms with Crippen LogP contribution in [-0.4, -0.2) is 47.3 Å². The van der Waals surface area contributed by atoms with Gasteiger partial charge < -0.3 is 15.5 Å². The summed E-state index contributed by atoms with van der Waals surface area (Å²) in [7, 11) is 0. The van der Waals surface area contributed by atoms with Crippen molar-refractivity contribution in [2.24, 2.45) is 23.5 Å². The summed E-state index contributed by atoms with van der Waals surface area (Å²) in [6.07, 6.45) is 5.33. The minimum absolute atomic E-state index is 0.0160. The molecule has 6 heteroatoms. The third-order valence-electron chi connectivity index (χ3n) is 6.66. The minimum atomic E-state index is 0.0160. The van der Waals surface area contributed by atoms with Crippen molar-refractivity contribution in [3.05, 3.63) is 34.9 Å². The molecule has 0 aromatic heterocycles. The molecule has 3 fully saturated rings. The fourth-order valence-electron chi connectivity index (χ4n) is 5.17. The molecule has 2 unspecified atom stereocenters. The highest BCUT2D eigenvalue weighted by atomic mass is 35.5. The molecule has 3 aliphatic rings. The second-order valence-electron chi connectivity index (χ2n) is 8.40. The van der Waals surface area contributed by atoms with Gasteiger partial charge in [0.25, 0.3) is 0 Å². The molecule has 0 radical (unpaired) electrons. The number of benzene rings is 1. The fourth-order valence-corrected chi connectivity index (χ4v) is 5.38. The lowest BCUT2D eigenvalue weighted by Crippen LogP contribution is -2.55. The van der Waals surface area contributed by atoms with Crippen molar-refractivity contribution in [1.29, 1.82) is 0 Å². The van der Waals surface area contributed by atoms with E-state index in [0.29, 0.717) is 36.5 Å². The fraction of sp³-hybridized carbons (Fsp3) is 0.619. The zero-order valence-electron chi connectivity index (χ0n) is 15.6. The van der Waals surface area contributed by atoms with Crippen LogP contribution >= 0.6 is 11.6 Å². The number of carbonyl (C=O) groups is 2. The van der Waals surface area contributed by atoms with Crippen LogP contribution in [0.3, 0.4) is 0 Å². The predicted molar refractivity (Wildman–Crippen MR) is 105 cm³/mol. The van der Waals surface area contributed by atoms with E-state index in [1.165, 1.54) is 6.42 Å². The van der Waals surface area contributed by atoms with E-state index in [9.17, 15) is 9.59 Å². The van der Waals surface area contributed by atoms with Crippen LogP contribution in [0, 0.1) is 17.8 Å². The summed E-state index contributed by atoms with van der Waals surface area (Å²) in [4.78, 5) is 29.2. The summed E-state index contributed by atoms with van der Waals surface area (Å²) in [5, 5.41) is 0.676. The predicted octanol–water partition coefficient (Wildman–Crippen LogP) is 2.66. The van der Waals surface area contributed by atoms with Crippen LogP contribution in [-0.2, 0) is 16.1 Å². The molecular weight excluding hydrogens is 362 g/mol. The first-order valence-electron chi connectivity index (χ1n) is 10.1. The number of fused-ring (bicyclic) bond motifs is 2. The summed E-state index contributed by atoms with van der Waals surface area (Å²) in [6, 6.07) is 7.84. The second kappa shape index (κ2) is 7.80. The molecule has 2 saturated carbocycles. The van der Waals surface area contributed by atoms with Gasteiger partial charge >= 0.3 is 0 Å². The maximum atomic E-state index is 13.0. The number of amides is 2. The summed E-state index contributed by atoms with van der Waals surface area (Å²) in [5.74, 6) is 1.18. The minimum Gasteiger partial charge on any atom is -0.335 e. The van der Waals surface area contributed by atoms with Gasteiger partial charge in [-0.2, -0.15) is 0 Å². The highest BCUT2D eigenvalue weighted by Crippen LogP contribution is 2.42. The Balaban J connectivity index is 1.35. The molecule has 27 heavy (non-hydrogen) atoms. The maximum Gasteiger partial charge on any atom is 0.242 e. The molecule has 2 bridgehead atoms. The summed E-state index contributed by atoms with van der Waals surface area (Å²) in [6.45, 7) is 1.93. The molecule has 2 aliphatic carbocycles. The largest absolute Gasteiger partial charge is 0.335 e. The molecule has 5 nitrogen and oxygen atoms in total. The van der Waals surface area contributed by atoms with Gasteiger partial charge in [-0.1, -0.05) is 30.2 Å². The Morgan fingerprint density at radius 1 is 1.19 bits per heavy atom. The second-order valence-corrected chi connectivity index (χ2v) is 8.84. The van der Waals surface area contributed by atoms with Gasteiger partial charge in [-0.25, -0.2) is 0 Å². The lowest BCUT2D eigenvalue weighted by atomic mass is 9.65. The van der Waals surface area contributed by atoms with E-state index in [4.69, 9.17) is 17.3 Å². The average molecular weight is 390 g/mol. The SMILES string of the molecule is NC1C2CCCC1CC(C(=O)N1CCN(Cc3cccc(Cl)c3)C(=O)C1)C2. The van der Waals surface area contributed by atoms with Crippen LogP contribution in [0.4, 0.5) is 0 Å². The number of hydrogen-bond donors (Lipinski definition) is 1. The van der Waals surface area contributed by atoms with Crippen molar-refractivity contribution >= 4 is 23.4 Å². The number of halogens is 1. The molecule has 2 N–H and O–H groups in total. The number of carbonyl (C=O) groups excluding carboxylic acids is 2. The summed E-state index contributed by atoms with van der Waals surface area (Å²) in [5.41, 5.74) is 7.37. The molecular formula is C21H28ClN3O2. The zero-order chi connectivity index (χ0) is 19.0. The number of piperazine rings is 1. The Morgan fingerprint density at radius 3 is 2.59 bits per heavy atom. The summed E-state index contributed by atoms with van der Waals surface area (Å²) >= 11 is 6.03. The van der Waals surface area contributed by atoms with Crippen LogP contribution in [0.2, 0.25) is 5.02 Å². The number of nitrogens with two attached hydrogens (primary N) is 1. The van der Waals surface area contributed by atoms with Gasteiger partial charge in [0.15, 0.2) is 0 Å². The van der Waals surface area contributed by atoms with Crippen molar-refractivity contribution in [2.45, 2.75) is 44.7 Å². The molecule has 1 heterocycles. The first-order chi connectivity index (χ1) is 13.0. The Labute approximate surface area is 165 Å². The first-order valence-corrected chi connectivity index (χ1v) is 10.5. The molecule has 4 rings (SSSR count). The van der Waals surface area contributed by atoms with E-state index in [-0.39, 0.29) is 30.3 Å². The normalized spacial score (nSPS) is 31.1. The monoisotopic (exact) mass is 389 g/mol. The van der Waals surface area contributed by atoms with Crippen molar-refractivity contribution in [3.8, 4) is 0 Å². The first kappa shape index (κ1) is 18.8. The number of rotatable bonds is 3. The Morgan fingerprint density at radius 2 is 1.93 bits per heavy atom. The molecule has 1 aliphatic heterocycles. The smallest absolute Gasteiger partial charge is 0.242 e. The van der Waals surface area contributed by atoms with E-state index < -0.39 is 0 Å². The van der Waals surface area contributed by atoms with Gasteiger partial charge in [-0.3, -0.25) is 9.59 Å². The number of hydrogen-bond acceptors (Lipinski definition) is 3. The van der Waals surface area contributed by atoms with Gasteiger partial charge in [0, 0.05) is 36.6 Å². The standard InChI is InChI=1S/C21H28ClN3O2/c22-18-6-1-3-14(9-18)12-24-7-8-25(13-19(24)26)21(27)17-10-15-4-2-5-16(11-17)20(15)23/h1,3,6,9,15-17,20H,2,4-5,7-8,10-13,23H2. The van der Waals surface area contributed by atoms with Crippen LogP contribution in [0.5, 0.6) is 0 Å². The molecule has 0 spiro atoms. The number of nitrogens with zero attached hydrogens (tertiary/aromatic N) is 2. The van der Waals surface area contributed by atoms with Gasteiger partial charge in [-0.05, 0) is 55.2 Å². The molecule has 146 valence electrons. The van der Waals surface area contributed by atoms with E-state index in [0.717, 1.165) is 31.2 Å². The topological polar surface area (TPSA) is 66.6 Å². The van der Waals surface area contributed by atoms with E-state index in [1.807, 2.05) is 29.2 Å². The molecule has 2 amide bonds. The van der Waals surface area contributed by atoms with Gasteiger partial charge in [0.2, 0.25) is 11.8 Å². The van der Waals surface area contributed by atoms with Crippen LogP contribution < -0.4 is 5.73 Å². The van der Waals surface area contributed by atoms with Gasteiger partial charge in [0.1, 0.15) is 0 Å². The average Bonchev–Trinajstić information content (AvgIpc) is 2.63. The van der Waals surface area contributed by atoms with Crippen molar-refractivity contribution in [3.63, 3.8) is 0 Å². The van der Waals surface area contributed by atoms with E-state index in [2.05, 4.69) is 0 Å².